The second-order valence-electron chi connectivity index (χ2n) is 5.11. The van der Waals surface area contributed by atoms with Crippen LogP contribution in [0.15, 0.2) is 6.20 Å². The summed E-state index contributed by atoms with van der Waals surface area (Å²) >= 11 is 0. The van der Waals surface area contributed by atoms with E-state index in [1.165, 1.54) is 0 Å². The average molecular weight is 265 g/mol. The Morgan fingerprint density at radius 1 is 1.42 bits per heavy atom. The Hall–Kier alpha value is -1.52. The van der Waals surface area contributed by atoms with Gasteiger partial charge in [0.25, 0.3) is 5.91 Å². The number of carbonyl (C=O) groups is 1. The van der Waals surface area contributed by atoms with Crippen LogP contribution in [0.1, 0.15) is 44.0 Å². The third kappa shape index (κ3) is 3.08. The first kappa shape index (κ1) is 13.9. The number of hydrogen-bond donors (Lipinski definition) is 0. The van der Waals surface area contributed by atoms with Crippen LogP contribution in [0, 0.1) is 5.92 Å². The van der Waals surface area contributed by atoms with E-state index < -0.39 is 0 Å². The van der Waals surface area contributed by atoms with Gasteiger partial charge in [0, 0.05) is 25.8 Å². The Bertz CT molecular complexity index is 434. The number of hydrogen-bond acceptors (Lipinski definition) is 3. The summed E-state index contributed by atoms with van der Waals surface area (Å²) in [5.74, 6) is 1.23. The molecule has 0 bridgehead atoms. The normalized spacial score (nSPS) is 16.7. The van der Waals surface area contributed by atoms with Crippen LogP contribution in [-0.4, -0.2) is 40.3 Å². The Balaban J connectivity index is 2.15. The van der Waals surface area contributed by atoms with E-state index in [1.54, 1.807) is 10.9 Å². The molecule has 0 aliphatic carbocycles. The van der Waals surface area contributed by atoms with Crippen LogP contribution in [0.3, 0.4) is 0 Å². The maximum Gasteiger partial charge on any atom is 0.260 e. The van der Waals surface area contributed by atoms with Crippen molar-refractivity contribution < 1.29 is 9.53 Å². The lowest BCUT2D eigenvalue weighted by Crippen LogP contribution is -2.37. The highest BCUT2D eigenvalue weighted by atomic mass is 16.5. The number of aromatic nitrogens is 2. The van der Waals surface area contributed by atoms with Crippen LogP contribution in [-0.2, 0) is 6.54 Å². The molecule has 1 aliphatic rings. The second kappa shape index (κ2) is 6.08. The average Bonchev–Trinajstić information content (AvgIpc) is 2.82. The Morgan fingerprint density at radius 2 is 2.11 bits per heavy atom. The predicted molar refractivity (Wildman–Crippen MR) is 73.4 cm³/mol. The second-order valence-corrected chi connectivity index (χ2v) is 5.11. The van der Waals surface area contributed by atoms with Gasteiger partial charge in [0.15, 0.2) is 0 Å². The quantitative estimate of drug-likeness (QED) is 0.838. The zero-order chi connectivity index (χ0) is 13.8. The number of carbonyl (C=O) groups excluding carboxylic acids is 1. The minimum Gasteiger partial charge on any atom is -0.476 e. The highest BCUT2D eigenvalue weighted by Gasteiger charge is 2.25. The van der Waals surface area contributed by atoms with Crippen LogP contribution in [0.25, 0.3) is 0 Å². The number of likely N-dealkylation sites (tertiary alicyclic amines) is 1. The number of ether oxygens (including phenoxy) is 1. The molecule has 5 heteroatoms. The fourth-order valence-corrected chi connectivity index (χ4v) is 2.34. The van der Waals surface area contributed by atoms with Crippen molar-refractivity contribution in [1.29, 1.82) is 0 Å². The standard InChI is InChI=1S/C14H23N3O2/c1-4-17-10-12(13(15-17)19-5-2)14(18)16-8-6-11(3)7-9-16/h10-11H,4-9H2,1-3H3. The molecule has 1 fully saturated rings. The van der Waals surface area contributed by atoms with E-state index >= 15 is 0 Å². The Labute approximate surface area is 114 Å². The molecule has 1 aromatic heterocycles. The Kier molecular flexibility index (Phi) is 4.45. The van der Waals surface area contributed by atoms with Gasteiger partial charge in [0.1, 0.15) is 5.56 Å². The van der Waals surface area contributed by atoms with Gasteiger partial charge in [-0.05, 0) is 32.6 Å². The topological polar surface area (TPSA) is 47.4 Å². The zero-order valence-corrected chi connectivity index (χ0v) is 12.1. The molecule has 2 rings (SSSR count). The monoisotopic (exact) mass is 265 g/mol. The summed E-state index contributed by atoms with van der Waals surface area (Å²) in [6.45, 7) is 9.08. The van der Waals surface area contributed by atoms with Gasteiger partial charge in [-0.1, -0.05) is 6.92 Å². The summed E-state index contributed by atoms with van der Waals surface area (Å²) < 4.78 is 7.23. The van der Waals surface area contributed by atoms with Gasteiger partial charge in [-0.15, -0.1) is 5.10 Å². The van der Waals surface area contributed by atoms with Crippen LogP contribution < -0.4 is 4.74 Å². The van der Waals surface area contributed by atoms with Gasteiger partial charge in [0.05, 0.1) is 6.61 Å². The largest absolute Gasteiger partial charge is 0.476 e. The summed E-state index contributed by atoms with van der Waals surface area (Å²) in [7, 11) is 0. The number of aryl methyl sites for hydroxylation is 1. The first-order valence-corrected chi connectivity index (χ1v) is 7.15. The number of piperidine rings is 1. The SMILES string of the molecule is CCOc1nn(CC)cc1C(=O)N1CCC(C)CC1. The van der Waals surface area contributed by atoms with Gasteiger partial charge in [-0.2, -0.15) is 0 Å². The molecule has 1 aromatic rings. The van der Waals surface area contributed by atoms with E-state index in [9.17, 15) is 4.79 Å². The summed E-state index contributed by atoms with van der Waals surface area (Å²) in [6, 6.07) is 0. The lowest BCUT2D eigenvalue weighted by molar-refractivity contribution is 0.0693. The van der Waals surface area contributed by atoms with Crippen molar-refractivity contribution in [2.24, 2.45) is 5.92 Å². The van der Waals surface area contributed by atoms with Crippen molar-refractivity contribution in [1.82, 2.24) is 14.7 Å². The zero-order valence-electron chi connectivity index (χ0n) is 12.1. The first-order chi connectivity index (χ1) is 9.15. The summed E-state index contributed by atoms with van der Waals surface area (Å²) in [6.07, 6.45) is 3.96. The van der Waals surface area contributed by atoms with E-state index in [1.807, 2.05) is 18.7 Å². The molecule has 19 heavy (non-hydrogen) atoms. The van der Waals surface area contributed by atoms with Gasteiger partial charge < -0.3 is 9.64 Å². The van der Waals surface area contributed by atoms with Gasteiger partial charge in [0.2, 0.25) is 5.88 Å². The first-order valence-electron chi connectivity index (χ1n) is 7.15. The van der Waals surface area contributed by atoms with E-state index in [0.29, 0.717) is 24.0 Å². The molecular formula is C14H23N3O2. The van der Waals surface area contributed by atoms with Crippen molar-refractivity contribution in [3.05, 3.63) is 11.8 Å². The highest BCUT2D eigenvalue weighted by Crippen LogP contribution is 2.22. The van der Waals surface area contributed by atoms with Crippen LogP contribution >= 0.6 is 0 Å². The number of amides is 1. The van der Waals surface area contributed by atoms with Crippen LogP contribution in [0.4, 0.5) is 0 Å². The molecule has 0 unspecified atom stereocenters. The molecule has 0 spiro atoms. The summed E-state index contributed by atoms with van der Waals surface area (Å²) in [5.41, 5.74) is 0.596. The molecule has 1 saturated heterocycles. The van der Waals surface area contributed by atoms with Crippen molar-refractivity contribution in [3.8, 4) is 5.88 Å². The molecule has 1 amide bonds. The predicted octanol–water partition coefficient (Wildman–Crippen LogP) is 2.17. The van der Waals surface area contributed by atoms with E-state index in [0.717, 1.165) is 32.5 Å². The van der Waals surface area contributed by atoms with Crippen molar-refractivity contribution in [2.75, 3.05) is 19.7 Å². The van der Waals surface area contributed by atoms with Crippen molar-refractivity contribution in [2.45, 2.75) is 40.2 Å². The van der Waals surface area contributed by atoms with Gasteiger partial charge in [-0.3, -0.25) is 9.48 Å². The lowest BCUT2D eigenvalue weighted by atomic mass is 9.99. The molecule has 106 valence electrons. The van der Waals surface area contributed by atoms with Crippen LogP contribution in [0.5, 0.6) is 5.88 Å². The molecule has 1 aliphatic heterocycles. The molecule has 0 N–H and O–H groups in total. The minimum absolute atomic E-state index is 0.0510. The van der Waals surface area contributed by atoms with Gasteiger partial charge >= 0.3 is 0 Å². The fraction of sp³-hybridized carbons (Fsp3) is 0.714. The third-order valence-electron chi connectivity index (χ3n) is 3.63. The van der Waals surface area contributed by atoms with Crippen molar-refractivity contribution in [3.63, 3.8) is 0 Å². The maximum absolute atomic E-state index is 12.5. The van der Waals surface area contributed by atoms with E-state index in [2.05, 4.69) is 12.0 Å². The van der Waals surface area contributed by atoms with E-state index in [-0.39, 0.29) is 5.91 Å². The molecule has 5 nitrogen and oxygen atoms in total. The highest BCUT2D eigenvalue weighted by molar-refractivity contribution is 5.96. The smallest absolute Gasteiger partial charge is 0.260 e. The number of nitrogens with zero attached hydrogens (tertiary/aromatic N) is 3. The van der Waals surface area contributed by atoms with Crippen molar-refractivity contribution >= 4 is 5.91 Å². The molecule has 0 radical (unpaired) electrons. The fourth-order valence-electron chi connectivity index (χ4n) is 2.34. The minimum atomic E-state index is 0.0510. The molecule has 0 atom stereocenters. The lowest BCUT2D eigenvalue weighted by Gasteiger charge is -2.30. The summed E-state index contributed by atoms with van der Waals surface area (Å²) in [4.78, 5) is 14.4. The van der Waals surface area contributed by atoms with Crippen LogP contribution in [0.2, 0.25) is 0 Å². The number of rotatable bonds is 4. The molecular weight excluding hydrogens is 242 g/mol. The summed E-state index contributed by atoms with van der Waals surface area (Å²) in [5, 5.41) is 4.30. The molecule has 0 aromatic carbocycles. The van der Waals surface area contributed by atoms with Gasteiger partial charge in [-0.25, -0.2) is 0 Å². The third-order valence-corrected chi connectivity index (χ3v) is 3.63. The Morgan fingerprint density at radius 3 is 2.68 bits per heavy atom. The maximum atomic E-state index is 12.5. The molecule has 0 saturated carbocycles. The molecule has 2 heterocycles. The van der Waals surface area contributed by atoms with E-state index in [4.69, 9.17) is 4.74 Å².